The van der Waals surface area contributed by atoms with Crippen LogP contribution in [0, 0.1) is 15.3 Å². The number of rotatable bonds is 1. The molecule has 1 aromatic heterocycles. The van der Waals surface area contributed by atoms with Gasteiger partial charge in [0.2, 0.25) is 5.52 Å². The Morgan fingerprint density at radius 1 is 1.53 bits per heavy atom. The Hall–Kier alpha value is -1.60. The van der Waals surface area contributed by atoms with Crippen LogP contribution in [-0.2, 0) is 0 Å². The maximum absolute atomic E-state index is 11.0. The van der Waals surface area contributed by atoms with Crippen molar-refractivity contribution in [3.05, 3.63) is 31.4 Å². The molecule has 2 rings (SSSR count). The maximum Gasteiger partial charge on any atom is 0.346 e. The minimum Gasteiger partial charge on any atom is -0.359 e. The minimum atomic E-state index is -0.779. The third-order valence-electron chi connectivity index (χ3n) is 1.73. The molecule has 0 atom stereocenters. The number of hydrogen-bond donors (Lipinski definition) is 0. The Labute approximate surface area is 91.5 Å². The first-order valence-electron chi connectivity index (χ1n) is 3.54. The maximum atomic E-state index is 11.0. The zero-order valence-corrected chi connectivity index (χ0v) is 8.32. The molecule has 0 aliphatic rings. The summed E-state index contributed by atoms with van der Waals surface area (Å²) >= 11 is 11.2. The largest absolute Gasteiger partial charge is 0.359 e. The lowest BCUT2D eigenvalue weighted by Crippen LogP contribution is -2.22. The van der Waals surface area contributed by atoms with Crippen LogP contribution >= 0.6 is 23.2 Å². The molecule has 0 aliphatic heterocycles. The molecule has 0 saturated heterocycles. The molecule has 1 heterocycles. The van der Waals surface area contributed by atoms with Gasteiger partial charge in [-0.15, -0.1) is 0 Å². The molecule has 0 N–H and O–H groups in total. The highest BCUT2D eigenvalue weighted by Gasteiger charge is 2.29. The normalized spacial score (nSPS) is 10.8. The molecule has 78 valence electrons. The number of hydrogen-bond acceptors (Lipinski definition) is 5. The molecule has 0 saturated carbocycles. The average molecular weight is 250 g/mol. The van der Waals surface area contributed by atoms with E-state index in [-0.39, 0.29) is 26.0 Å². The highest BCUT2D eigenvalue weighted by molar-refractivity contribution is 6.44. The van der Waals surface area contributed by atoms with Crippen LogP contribution in [0.15, 0.2) is 10.7 Å². The highest BCUT2D eigenvalue weighted by atomic mass is 35.5. The Morgan fingerprint density at radius 3 is 2.80 bits per heavy atom. The first kappa shape index (κ1) is 9.94. The molecule has 0 bridgehead atoms. The van der Waals surface area contributed by atoms with Crippen LogP contribution in [0.3, 0.4) is 0 Å². The topological polar surface area (TPSA) is 96.1 Å². The number of nitrogens with zero attached hydrogens (tertiary/aromatic N) is 3. The summed E-state index contributed by atoms with van der Waals surface area (Å²) in [5.41, 5.74) is -0.919. The van der Waals surface area contributed by atoms with Gasteiger partial charge in [0.15, 0.2) is 0 Å². The van der Waals surface area contributed by atoms with Gasteiger partial charge in [-0.25, -0.2) is 0 Å². The van der Waals surface area contributed by atoms with E-state index < -0.39 is 10.6 Å². The van der Waals surface area contributed by atoms with Crippen LogP contribution in [0.4, 0.5) is 5.69 Å². The van der Waals surface area contributed by atoms with Gasteiger partial charge in [0.1, 0.15) is 5.02 Å². The summed E-state index contributed by atoms with van der Waals surface area (Å²) in [6.07, 6.45) is 0. The number of fused-ring (bicyclic) bond motifs is 1. The smallest absolute Gasteiger partial charge is 0.346 e. The third-order valence-corrected chi connectivity index (χ3v) is 2.51. The van der Waals surface area contributed by atoms with E-state index in [9.17, 15) is 15.3 Å². The van der Waals surface area contributed by atoms with E-state index in [1.165, 1.54) is 0 Å². The summed E-state index contributed by atoms with van der Waals surface area (Å²) in [6.45, 7) is 0. The van der Waals surface area contributed by atoms with Crippen molar-refractivity contribution >= 4 is 39.9 Å². The van der Waals surface area contributed by atoms with Crippen LogP contribution in [0.2, 0.25) is 10.0 Å². The Bertz CT molecular complexity index is 567. The van der Waals surface area contributed by atoms with E-state index in [0.29, 0.717) is 0 Å². The second-order valence-corrected chi connectivity index (χ2v) is 3.36. The summed E-state index contributed by atoms with van der Waals surface area (Å²) in [7, 11) is 0. The Kier molecular flexibility index (Phi) is 2.13. The molecular formula is C6HCl2N3O4. The van der Waals surface area contributed by atoms with Gasteiger partial charge in [0.05, 0.1) is 15.1 Å². The summed E-state index contributed by atoms with van der Waals surface area (Å²) in [5, 5.41) is 24.5. The quantitative estimate of drug-likeness (QED) is 0.435. The van der Waals surface area contributed by atoms with Crippen molar-refractivity contribution in [3.63, 3.8) is 0 Å². The van der Waals surface area contributed by atoms with Crippen LogP contribution in [0.1, 0.15) is 0 Å². The van der Waals surface area contributed by atoms with E-state index in [4.69, 9.17) is 23.2 Å². The highest BCUT2D eigenvalue weighted by Crippen LogP contribution is 2.36. The fourth-order valence-electron chi connectivity index (χ4n) is 1.11. The SMILES string of the molecule is O=[N+]([O-])c1c(Cl)c(Cl)cc2c1no[n+]2[O-]. The lowest BCUT2D eigenvalue weighted by Gasteiger charge is -1.95. The fraction of sp³-hybridized carbons (Fsp3) is 0. The number of benzene rings is 1. The van der Waals surface area contributed by atoms with E-state index in [2.05, 4.69) is 9.79 Å². The van der Waals surface area contributed by atoms with E-state index in [1.807, 2.05) is 0 Å². The first-order valence-corrected chi connectivity index (χ1v) is 4.29. The van der Waals surface area contributed by atoms with Gasteiger partial charge >= 0.3 is 11.2 Å². The van der Waals surface area contributed by atoms with Crippen LogP contribution < -0.4 is 4.90 Å². The van der Waals surface area contributed by atoms with Crippen molar-refractivity contribution in [2.24, 2.45) is 0 Å². The molecule has 0 radical (unpaired) electrons. The number of nitro groups is 1. The number of halogens is 2. The predicted molar refractivity (Wildman–Crippen MR) is 49.6 cm³/mol. The number of nitro benzene ring substituents is 1. The van der Waals surface area contributed by atoms with Crippen molar-refractivity contribution in [2.75, 3.05) is 0 Å². The Morgan fingerprint density at radius 2 is 2.20 bits per heavy atom. The molecule has 1 aromatic carbocycles. The van der Waals surface area contributed by atoms with Gasteiger partial charge in [-0.05, 0) is 4.90 Å². The summed E-state index contributed by atoms with van der Waals surface area (Å²) < 4.78 is 4.21. The molecule has 0 fully saturated rings. The lowest BCUT2D eigenvalue weighted by atomic mass is 10.2. The Balaban J connectivity index is 2.97. The van der Waals surface area contributed by atoms with Crippen molar-refractivity contribution < 1.29 is 14.5 Å². The summed E-state index contributed by atoms with van der Waals surface area (Å²) in [5.74, 6) is 0. The van der Waals surface area contributed by atoms with Gasteiger partial charge in [0, 0.05) is 6.07 Å². The zero-order chi connectivity index (χ0) is 11.2. The third kappa shape index (κ3) is 1.36. The monoisotopic (exact) mass is 249 g/mol. The van der Waals surface area contributed by atoms with Gasteiger partial charge in [0.25, 0.3) is 0 Å². The van der Waals surface area contributed by atoms with Crippen molar-refractivity contribution in [1.82, 2.24) is 5.16 Å². The first-order chi connectivity index (χ1) is 7.02. The molecule has 0 spiro atoms. The van der Waals surface area contributed by atoms with Crippen LogP contribution in [-0.4, -0.2) is 10.1 Å². The summed E-state index contributed by atoms with van der Waals surface area (Å²) in [6, 6.07) is 1.15. The standard InChI is InChI=1S/C6HCl2N3O4/c7-2-1-3-5(9-15-11(3)14)6(4(2)8)10(12)13/h1H. The summed E-state index contributed by atoms with van der Waals surface area (Å²) in [4.78, 5) is 9.91. The van der Waals surface area contributed by atoms with E-state index in [1.54, 1.807) is 0 Å². The van der Waals surface area contributed by atoms with E-state index in [0.717, 1.165) is 6.07 Å². The van der Waals surface area contributed by atoms with Crippen molar-refractivity contribution in [1.29, 1.82) is 0 Å². The van der Waals surface area contributed by atoms with Crippen LogP contribution in [0.25, 0.3) is 11.0 Å². The molecule has 0 amide bonds. The minimum absolute atomic E-state index is 0.0184. The fourth-order valence-corrected chi connectivity index (χ4v) is 1.51. The molecule has 0 unspecified atom stereocenters. The second-order valence-electron chi connectivity index (χ2n) is 2.58. The van der Waals surface area contributed by atoms with Crippen molar-refractivity contribution in [3.8, 4) is 0 Å². The molecule has 9 heteroatoms. The molecule has 0 aliphatic carbocycles. The van der Waals surface area contributed by atoms with Crippen LogP contribution in [0.5, 0.6) is 0 Å². The molecule has 7 nitrogen and oxygen atoms in total. The van der Waals surface area contributed by atoms with Gasteiger partial charge in [-0.2, -0.15) is 0 Å². The number of aromatic nitrogens is 2. The van der Waals surface area contributed by atoms with Gasteiger partial charge in [-0.3, -0.25) is 14.7 Å². The van der Waals surface area contributed by atoms with Gasteiger partial charge in [-0.1, -0.05) is 23.2 Å². The van der Waals surface area contributed by atoms with Gasteiger partial charge < -0.3 is 5.21 Å². The molecule has 2 aromatic rings. The second kappa shape index (κ2) is 3.21. The zero-order valence-electron chi connectivity index (χ0n) is 6.81. The molecule has 15 heavy (non-hydrogen) atoms. The predicted octanol–water partition coefficient (Wildman–Crippen LogP) is 1.68. The average Bonchev–Trinajstić information content (AvgIpc) is 2.49. The molecular weight excluding hydrogens is 249 g/mol. The lowest BCUT2D eigenvalue weighted by molar-refractivity contribution is -0.782. The van der Waals surface area contributed by atoms with E-state index >= 15 is 0 Å². The van der Waals surface area contributed by atoms with Crippen molar-refractivity contribution in [2.45, 2.75) is 0 Å².